The van der Waals surface area contributed by atoms with Crippen LogP contribution in [0.3, 0.4) is 0 Å². The zero-order valence-corrected chi connectivity index (χ0v) is 11.1. The fourth-order valence-electron chi connectivity index (χ4n) is 1.43. The molecule has 0 spiro atoms. The van der Waals surface area contributed by atoms with E-state index < -0.39 is 5.97 Å². The highest BCUT2D eigenvalue weighted by Gasteiger charge is 2.15. The van der Waals surface area contributed by atoms with E-state index >= 15 is 0 Å². The van der Waals surface area contributed by atoms with Crippen molar-refractivity contribution in [2.24, 2.45) is 0 Å². The standard InChI is InChI=1S/C12H12ClN3O3/c1-7(2)16-6-8(5-15-16)19-11-10(13)9(12(17)18)3-4-14-11/h3-7H,1-2H3,(H,17,18). The SMILES string of the molecule is CC(C)n1cc(Oc2nccc(C(=O)O)c2Cl)cn1. The lowest BCUT2D eigenvalue weighted by Crippen LogP contribution is -2.00. The molecule has 2 aromatic rings. The number of pyridine rings is 1. The molecule has 0 unspecified atom stereocenters. The van der Waals surface area contributed by atoms with E-state index in [1.165, 1.54) is 18.5 Å². The van der Waals surface area contributed by atoms with Gasteiger partial charge in [0.05, 0.1) is 18.0 Å². The van der Waals surface area contributed by atoms with Crippen LogP contribution in [0.15, 0.2) is 24.7 Å². The second kappa shape index (κ2) is 5.27. The number of carboxylic acids is 1. The van der Waals surface area contributed by atoms with Crippen LogP contribution in [0, 0.1) is 0 Å². The highest BCUT2D eigenvalue weighted by Crippen LogP contribution is 2.29. The summed E-state index contributed by atoms with van der Waals surface area (Å²) >= 11 is 5.93. The predicted octanol–water partition coefficient (Wildman–Crippen LogP) is 3.00. The van der Waals surface area contributed by atoms with Gasteiger partial charge in [0.25, 0.3) is 0 Å². The van der Waals surface area contributed by atoms with Gasteiger partial charge in [0.2, 0.25) is 5.88 Å². The maximum atomic E-state index is 10.9. The van der Waals surface area contributed by atoms with Crippen LogP contribution in [-0.2, 0) is 0 Å². The van der Waals surface area contributed by atoms with Crippen LogP contribution in [-0.4, -0.2) is 25.8 Å². The average Bonchev–Trinajstić information content (AvgIpc) is 2.80. The molecule has 0 saturated carbocycles. The fraction of sp³-hybridized carbons (Fsp3) is 0.250. The summed E-state index contributed by atoms with van der Waals surface area (Å²) in [6.45, 7) is 3.96. The number of carboxylic acid groups (broad SMARTS) is 1. The van der Waals surface area contributed by atoms with Gasteiger partial charge < -0.3 is 9.84 Å². The third-order valence-corrected chi connectivity index (χ3v) is 2.77. The first-order chi connectivity index (χ1) is 8.99. The summed E-state index contributed by atoms with van der Waals surface area (Å²) < 4.78 is 7.15. The first kappa shape index (κ1) is 13.4. The number of aromatic nitrogens is 3. The lowest BCUT2D eigenvalue weighted by Gasteiger charge is -2.06. The van der Waals surface area contributed by atoms with Gasteiger partial charge in [-0.1, -0.05) is 11.6 Å². The van der Waals surface area contributed by atoms with E-state index in [4.69, 9.17) is 21.4 Å². The minimum atomic E-state index is -1.13. The average molecular weight is 282 g/mol. The molecule has 7 heteroatoms. The van der Waals surface area contributed by atoms with Crippen molar-refractivity contribution in [3.8, 4) is 11.6 Å². The molecule has 100 valence electrons. The van der Waals surface area contributed by atoms with Gasteiger partial charge in [-0.05, 0) is 19.9 Å². The van der Waals surface area contributed by atoms with Gasteiger partial charge in [0.15, 0.2) is 5.75 Å². The third kappa shape index (κ3) is 2.85. The minimum absolute atomic E-state index is 0.0349. The summed E-state index contributed by atoms with van der Waals surface area (Å²) in [5.74, 6) is -0.634. The summed E-state index contributed by atoms with van der Waals surface area (Å²) in [5, 5.41) is 13.0. The van der Waals surface area contributed by atoms with E-state index in [0.717, 1.165) is 0 Å². The van der Waals surface area contributed by atoms with E-state index in [0.29, 0.717) is 5.75 Å². The molecule has 0 bridgehead atoms. The van der Waals surface area contributed by atoms with Gasteiger partial charge in [-0.25, -0.2) is 9.78 Å². The van der Waals surface area contributed by atoms with E-state index in [1.807, 2.05) is 13.8 Å². The summed E-state index contributed by atoms with van der Waals surface area (Å²) in [6, 6.07) is 1.51. The number of hydrogen-bond donors (Lipinski definition) is 1. The molecule has 1 N–H and O–H groups in total. The first-order valence-corrected chi connectivity index (χ1v) is 5.96. The molecule has 0 aliphatic rings. The Morgan fingerprint density at radius 1 is 1.53 bits per heavy atom. The lowest BCUT2D eigenvalue weighted by molar-refractivity contribution is 0.0696. The maximum absolute atomic E-state index is 10.9. The van der Waals surface area contributed by atoms with Gasteiger partial charge >= 0.3 is 5.97 Å². The summed E-state index contributed by atoms with van der Waals surface area (Å²) in [5.41, 5.74) is -0.0529. The molecular formula is C12H12ClN3O3. The Morgan fingerprint density at radius 3 is 2.84 bits per heavy atom. The molecule has 6 nitrogen and oxygen atoms in total. The fourth-order valence-corrected chi connectivity index (χ4v) is 1.66. The second-order valence-corrected chi connectivity index (χ2v) is 4.51. The second-order valence-electron chi connectivity index (χ2n) is 4.13. The number of rotatable bonds is 4. The van der Waals surface area contributed by atoms with E-state index in [2.05, 4.69) is 10.1 Å². The van der Waals surface area contributed by atoms with Crippen molar-refractivity contribution in [1.82, 2.24) is 14.8 Å². The van der Waals surface area contributed by atoms with Crippen molar-refractivity contribution < 1.29 is 14.6 Å². The quantitative estimate of drug-likeness (QED) is 0.932. The number of hydrogen-bond acceptors (Lipinski definition) is 4. The van der Waals surface area contributed by atoms with Gasteiger partial charge in [-0.3, -0.25) is 4.68 Å². The largest absolute Gasteiger partial charge is 0.478 e. The number of aromatic carboxylic acids is 1. The van der Waals surface area contributed by atoms with E-state index in [-0.39, 0.29) is 22.5 Å². The molecular weight excluding hydrogens is 270 g/mol. The highest BCUT2D eigenvalue weighted by molar-refractivity contribution is 6.34. The smallest absolute Gasteiger partial charge is 0.337 e. The number of carbonyl (C=O) groups is 1. The van der Waals surface area contributed by atoms with Crippen LogP contribution >= 0.6 is 11.6 Å². The molecule has 0 aromatic carbocycles. The van der Waals surface area contributed by atoms with Gasteiger partial charge in [-0.2, -0.15) is 5.10 Å². The van der Waals surface area contributed by atoms with Gasteiger partial charge in [-0.15, -0.1) is 0 Å². The summed E-state index contributed by atoms with van der Waals surface area (Å²) in [7, 11) is 0. The van der Waals surface area contributed by atoms with Crippen LogP contribution < -0.4 is 4.74 Å². The van der Waals surface area contributed by atoms with Gasteiger partial charge in [0.1, 0.15) is 5.02 Å². The summed E-state index contributed by atoms with van der Waals surface area (Å²) in [6.07, 6.45) is 4.54. The van der Waals surface area contributed by atoms with Crippen LogP contribution in [0.4, 0.5) is 0 Å². The molecule has 2 aromatic heterocycles. The Hall–Kier alpha value is -2.08. The van der Waals surface area contributed by atoms with Crippen molar-refractivity contribution >= 4 is 17.6 Å². The van der Waals surface area contributed by atoms with Crippen molar-refractivity contribution in [1.29, 1.82) is 0 Å². The van der Waals surface area contributed by atoms with E-state index in [9.17, 15) is 4.79 Å². The molecule has 0 aliphatic carbocycles. The number of nitrogens with zero attached hydrogens (tertiary/aromatic N) is 3. The van der Waals surface area contributed by atoms with Crippen molar-refractivity contribution in [3.05, 3.63) is 35.2 Å². The number of halogens is 1. The molecule has 2 heterocycles. The third-order valence-electron chi connectivity index (χ3n) is 2.41. The highest BCUT2D eigenvalue weighted by atomic mass is 35.5. The molecule has 2 rings (SSSR count). The Kier molecular flexibility index (Phi) is 3.71. The Bertz CT molecular complexity index is 610. The normalized spacial score (nSPS) is 10.7. The predicted molar refractivity (Wildman–Crippen MR) is 68.9 cm³/mol. The monoisotopic (exact) mass is 281 g/mol. The van der Waals surface area contributed by atoms with Crippen molar-refractivity contribution in [2.75, 3.05) is 0 Å². The molecule has 0 aliphatic heterocycles. The Balaban J connectivity index is 2.28. The minimum Gasteiger partial charge on any atom is -0.478 e. The Labute approximate surface area is 114 Å². The Morgan fingerprint density at radius 2 is 2.26 bits per heavy atom. The zero-order valence-electron chi connectivity index (χ0n) is 10.4. The molecule has 0 radical (unpaired) electrons. The zero-order chi connectivity index (χ0) is 14.0. The lowest BCUT2D eigenvalue weighted by atomic mass is 10.3. The number of ether oxygens (including phenoxy) is 1. The molecule has 0 atom stereocenters. The molecule has 0 amide bonds. The van der Waals surface area contributed by atoms with Crippen molar-refractivity contribution in [3.63, 3.8) is 0 Å². The van der Waals surface area contributed by atoms with Crippen LogP contribution in [0.5, 0.6) is 11.6 Å². The summed E-state index contributed by atoms with van der Waals surface area (Å²) in [4.78, 5) is 14.9. The molecule has 0 fully saturated rings. The van der Waals surface area contributed by atoms with Crippen LogP contribution in [0.25, 0.3) is 0 Å². The molecule has 19 heavy (non-hydrogen) atoms. The van der Waals surface area contributed by atoms with Gasteiger partial charge in [0, 0.05) is 12.2 Å². The molecule has 0 saturated heterocycles. The topological polar surface area (TPSA) is 77.2 Å². The maximum Gasteiger partial charge on any atom is 0.337 e. The van der Waals surface area contributed by atoms with Crippen LogP contribution in [0.1, 0.15) is 30.2 Å². The first-order valence-electron chi connectivity index (χ1n) is 5.59. The van der Waals surface area contributed by atoms with Crippen LogP contribution in [0.2, 0.25) is 5.02 Å². The van der Waals surface area contributed by atoms with Crippen molar-refractivity contribution in [2.45, 2.75) is 19.9 Å². The van der Waals surface area contributed by atoms with E-state index in [1.54, 1.807) is 10.9 Å².